The number of rotatable bonds is 2. The third-order valence-corrected chi connectivity index (χ3v) is 2.22. The SMILES string of the molecule is Cl/C(=C\c1ccccc1)c1ccncn1. The van der Waals surface area contributed by atoms with Crippen LogP contribution in [0.5, 0.6) is 0 Å². The van der Waals surface area contributed by atoms with E-state index in [-0.39, 0.29) is 0 Å². The van der Waals surface area contributed by atoms with Gasteiger partial charge in [-0.2, -0.15) is 0 Å². The Hall–Kier alpha value is -1.67. The molecule has 0 aliphatic rings. The van der Waals surface area contributed by atoms with Crippen molar-refractivity contribution in [1.29, 1.82) is 0 Å². The summed E-state index contributed by atoms with van der Waals surface area (Å²) in [6.45, 7) is 0. The molecule has 0 saturated carbocycles. The van der Waals surface area contributed by atoms with Crippen LogP contribution in [0, 0.1) is 0 Å². The third-order valence-electron chi connectivity index (χ3n) is 1.92. The van der Waals surface area contributed by atoms with Gasteiger partial charge in [-0.05, 0) is 17.7 Å². The van der Waals surface area contributed by atoms with Crippen LogP contribution < -0.4 is 0 Å². The first-order chi connectivity index (χ1) is 7.36. The maximum atomic E-state index is 6.11. The third kappa shape index (κ3) is 2.64. The van der Waals surface area contributed by atoms with E-state index < -0.39 is 0 Å². The quantitative estimate of drug-likeness (QED) is 0.771. The van der Waals surface area contributed by atoms with E-state index in [9.17, 15) is 0 Å². The van der Waals surface area contributed by atoms with Crippen molar-refractivity contribution in [3.8, 4) is 0 Å². The highest BCUT2D eigenvalue weighted by atomic mass is 35.5. The van der Waals surface area contributed by atoms with Gasteiger partial charge in [-0.1, -0.05) is 41.9 Å². The number of halogens is 1. The highest BCUT2D eigenvalue weighted by Crippen LogP contribution is 2.19. The fourth-order valence-corrected chi connectivity index (χ4v) is 1.44. The minimum atomic E-state index is 0.614. The van der Waals surface area contributed by atoms with E-state index in [1.807, 2.05) is 36.4 Å². The second-order valence-electron chi connectivity index (χ2n) is 3.00. The van der Waals surface area contributed by atoms with Crippen molar-refractivity contribution in [3.63, 3.8) is 0 Å². The van der Waals surface area contributed by atoms with Gasteiger partial charge in [0, 0.05) is 6.20 Å². The zero-order valence-corrected chi connectivity index (χ0v) is 8.72. The average Bonchev–Trinajstić information content (AvgIpc) is 2.31. The lowest BCUT2D eigenvalue weighted by atomic mass is 10.2. The first-order valence-corrected chi connectivity index (χ1v) is 4.93. The number of hydrogen-bond acceptors (Lipinski definition) is 2. The van der Waals surface area contributed by atoms with E-state index in [1.165, 1.54) is 6.33 Å². The first-order valence-electron chi connectivity index (χ1n) is 4.55. The normalized spacial score (nSPS) is 11.4. The molecule has 2 aromatic rings. The largest absolute Gasteiger partial charge is 0.245 e. The predicted octanol–water partition coefficient (Wildman–Crippen LogP) is 3.21. The Morgan fingerprint density at radius 1 is 1.13 bits per heavy atom. The van der Waals surface area contributed by atoms with E-state index >= 15 is 0 Å². The summed E-state index contributed by atoms with van der Waals surface area (Å²) < 4.78 is 0. The summed E-state index contributed by atoms with van der Waals surface area (Å²) in [5, 5.41) is 0.614. The molecular weight excluding hydrogens is 208 g/mol. The Morgan fingerprint density at radius 2 is 1.93 bits per heavy atom. The number of hydrogen-bond donors (Lipinski definition) is 0. The first kappa shape index (κ1) is 9.87. The van der Waals surface area contributed by atoms with Crippen LogP contribution in [-0.2, 0) is 0 Å². The molecule has 0 aliphatic carbocycles. The molecule has 15 heavy (non-hydrogen) atoms. The van der Waals surface area contributed by atoms with E-state index in [4.69, 9.17) is 11.6 Å². The van der Waals surface area contributed by atoms with E-state index in [0.29, 0.717) is 5.03 Å². The van der Waals surface area contributed by atoms with E-state index in [0.717, 1.165) is 11.3 Å². The fourth-order valence-electron chi connectivity index (χ4n) is 1.20. The molecule has 1 aromatic carbocycles. The lowest BCUT2D eigenvalue weighted by Gasteiger charge is -1.97. The minimum absolute atomic E-state index is 0.614. The second kappa shape index (κ2) is 4.71. The van der Waals surface area contributed by atoms with Gasteiger partial charge in [0.05, 0.1) is 10.7 Å². The highest BCUT2D eigenvalue weighted by molar-refractivity contribution is 6.51. The molecule has 0 amide bonds. The minimum Gasteiger partial charge on any atom is -0.245 e. The zero-order valence-electron chi connectivity index (χ0n) is 7.97. The summed E-state index contributed by atoms with van der Waals surface area (Å²) >= 11 is 6.11. The van der Waals surface area contributed by atoms with Crippen LogP contribution in [0.25, 0.3) is 11.1 Å². The monoisotopic (exact) mass is 216 g/mol. The molecule has 0 bridgehead atoms. The summed E-state index contributed by atoms with van der Waals surface area (Å²) in [5.41, 5.74) is 1.79. The second-order valence-corrected chi connectivity index (χ2v) is 3.40. The number of benzene rings is 1. The Kier molecular flexibility index (Phi) is 3.10. The van der Waals surface area contributed by atoms with Crippen molar-refractivity contribution in [2.24, 2.45) is 0 Å². The molecule has 0 radical (unpaired) electrons. The van der Waals surface area contributed by atoms with Crippen molar-refractivity contribution in [2.45, 2.75) is 0 Å². The predicted molar refractivity (Wildman–Crippen MR) is 62.2 cm³/mol. The molecule has 2 nitrogen and oxygen atoms in total. The maximum absolute atomic E-state index is 6.11. The topological polar surface area (TPSA) is 25.8 Å². The van der Waals surface area contributed by atoms with Crippen molar-refractivity contribution in [3.05, 3.63) is 60.2 Å². The summed E-state index contributed by atoms with van der Waals surface area (Å²) in [6.07, 6.45) is 5.03. The van der Waals surface area contributed by atoms with Gasteiger partial charge in [-0.25, -0.2) is 9.97 Å². The molecule has 0 aliphatic heterocycles. The molecular formula is C12H9ClN2. The average molecular weight is 217 g/mol. The molecule has 0 atom stereocenters. The Morgan fingerprint density at radius 3 is 2.60 bits per heavy atom. The fraction of sp³-hybridized carbons (Fsp3) is 0. The molecule has 0 unspecified atom stereocenters. The molecule has 1 heterocycles. The molecule has 2 rings (SSSR count). The van der Waals surface area contributed by atoms with Crippen LogP contribution in [0.1, 0.15) is 11.3 Å². The lowest BCUT2D eigenvalue weighted by Crippen LogP contribution is -1.84. The van der Waals surface area contributed by atoms with Gasteiger partial charge in [0.25, 0.3) is 0 Å². The van der Waals surface area contributed by atoms with Crippen molar-refractivity contribution >= 4 is 22.7 Å². The van der Waals surface area contributed by atoms with Gasteiger partial charge in [-0.3, -0.25) is 0 Å². The van der Waals surface area contributed by atoms with Gasteiger partial charge < -0.3 is 0 Å². The highest BCUT2D eigenvalue weighted by Gasteiger charge is 1.98. The molecule has 0 spiro atoms. The van der Waals surface area contributed by atoms with Crippen LogP contribution in [-0.4, -0.2) is 9.97 Å². The Bertz CT molecular complexity index is 452. The maximum Gasteiger partial charge on any atom is 0.116 e. The van der Waals surface area contributed by atoms with E-state index in [2.05, 4.69) is 9.97 Å². The van der Waals surface area contributed by atoms with E-state index in [1.54, 1.807) is 12.3 Å². The molecule has 74 valence electrons. The van der Waals surface area contributed by atoms with Gasteiger partial charge in [0.2, 0.25) is 0 Å². The van der Waals surface area contributed by atoms with Crippen LogP contribution in [0.3, 0.4) is 0 Å². The van der Waals surface area contributed by atoms with Crippen molar-refractivity contribution in [2.75, 3.05) is 0 Å². The van der Waals surface area contributed by atoms with Gasteiger partial charge in [0.15, 0.2) is 0 Å². The summed E-state index contributed by atoms with van der Waals surface area (Å²) in [7, 11) is 0. The number of nitrogens with zero attached hydrogens (tertiary/aromatic N) is 2. The lowest BCUT2D eigenvalue weighted by molar-refractivity contribution is 1.15. The van der Waals surface area contributed by atoms with Crippen LogP contribution in [0.4, 0.5) is 0 Å². The van der Waals surface area contributed by atoms with Gasteiger partial charge in [-0.15, -0.1) is 0 Å². The summed E-state index contributed by atoms with van der Waals surface area (Å²) in [5.74, 6) is 0. The standard InChI is InChI=1S/C12H9ClN2/c13-11(12-6-7-14-9-15-12)8-10-4-2-1-3-5-10/h1-9H/b11-8-. The molecule has 0 fully saturated rings. The van der Waals surface area contributed by atoms with Gasteiger partial charge >= 0.3 is 0 Å². The summed E-state index contributed by atoms with van der Waals surface area (Å²) in [6, 6.07) is 11.7. The van der Waals surface area contributed by atoms with Crippen LogP contribution in [0.2, 0.25) is 0 Å². The smallest absolute Gasteiger partial charge is 0.116 e. The zero-order chi connectivity index (χ0) is 10.5. The van der Waals surface area contributed by atoms with Gasteiger partial charge in [0.1, 0.15) is 6.33 Å². The number of aromatic nitrogens is 2. The molecule has 0 N–H and O–H groups in total. The molecule has 3 heteroatoms. The Labute approximate surface area is 93.3 Å². The molecule has 1 aromatic heterocycles. The van der Waals surface area contributed by atoms with Crippen LogP contribution >= 0.6 is 11.6 Å². The Balaban J connectivity index is 2.29. The molecule has 0 saturated heterocycles. The van der Waals surface area contributed by atoms with Crippen molar-refractivity contribution < 1.29 is 0 Å². The summed E-state index contributed by atoms with van der Waals surface area (Å²) in [4.78, 5) is 7.90. The van der Waals surface area contributed by atoms with Crippen LogP contribution in [0.15, 0.2) is 48.9 Å². The van der Waals surface area contributed by atoms with Crippen molar-refractivity contribution in [1.82, 2.24) is 9.97 Å².